The van der Waals surface area contributed by atoms with E-state index in [0.29, 0.717) is 22.0 Å². The van der Waals surface area contributed by atoms with Gasteiger partial charge < -0.3 is 0 Å². The number of sulfonamides is 1. The van der Waals surface area contributed by atoms with Crippen molar-refractivity contribution in [1.82, 2.24) is 13.9 Å². The molecule has 1 saturated heterocycles. The van der Waals surface area contributed by atoms with E-state index in [1.54, 1.807) is 29.0 Å². The molecule has 2 aromatic rings. The molecule has 3 rings (SSSR count). The SMILES string of the molecule is O=C(c1cccn2ncc(Br)c12)N1CCCS1(=O)=O. The fourth-order valence-electron chi connectivity index (χ4n) is 2.18. The summed E-state index contributed by atoms with van der Waals surface area (Å²) in [6.07, 6.45) is 3.76. The van der Waals surface area contributed by atoms with Gasteiger partial charge in [-0.1, -0.05) is 0 Å². The zero-order valence-electron chi connectivity index (χ0n) is 9.78. The highest BCUT2D eigenvalue weighted by Gasteiger charge is 2.34. The Balaban J connectivity index is 2.15. The molecule has 100 valence electrons. The van der Waals surface area contributed by atoms with Crippen molar-refractivity contribution in [2.45, 2.75) is 6.42 Å². The maximum Gasteiger partial charge on any atom is 0.269 e. The lowest BCUT2D eigenvalue weighted by Crippen LogP contribution is -2.32. The summed E-state index contributed by atoms with van der Waals surface area (Å²) >= 11 is 3.32. The second-order valence-electron chi connectivity index (χ2n) is 4.25. The number of hydrogen-bond donors (Lipinski definition) is 0. The summed E-state index contributed by atoms with van der Waals surface area (Å²) < 4.78 is 26.8. The lowest BCUT2D eigenvalue weighted by atomic mass is 10.2. The van der Waals surface area contributed by atoms with Crippen LogP contribution in [-0.4, -0.2) is 40.5 Å². The molecule has 3 heterocycles. The molecule has 0 atom stereocenters. The Kier molecular flexibility index (Phi) is 2.86. The molecule has 6 nitrogen and oxygen atoms in total. The summed E-state index contributed by atoms with van der Waals surface area (Å²) in [5, 5.41) is 4.07. The van der Waals surface area contributed by atoms with E-state index in [-0.39, 0.29) is 12.3 Å². The number of pyridine rings is 1. The average Bonchev–Trinajstić information content (AvgIpc) is 2.92. The van der Waals surface area contributed by atoms with Crippen molar-refractivity contribution in [3.8, 4) is 0 Å². The van der Waals surface area contributed by atoms with Crippen molar-refractivity contribution >= 4 is 37.4 Å². The highest BCUT2D eigenvalue weighted by atomic mass is 79.9. The van der Waals surface area contributed by atoms with E-state index in [9.17, 15) is 13.2 Å². The van der Waals surface area contributed by atoms with Crippen molar-refractivity contribution in [3.63, 3.8) is 0 Å². The molecule has 1 aliphatic rings. The van der Waals surface area contributed by atoms with E-state index in [1.807, 2.05) is 0 Å². The summed E-state index contributed by atoms with van der Waals surface area (Å²) in [6, 6.07) is 3.28. The Labute approximate surface area is 118 Å². The van der Waals surface area contributed by atoms with Gasteiger partial charge in [-0.25, -0.2) is 17.2 Å². The predicted octanol–water partition coefficient (Wildman–Crippen LogP) is 1.27. The Hall–Kier alpha value is -1.41. The molecule has 0 aliphatic carbocycles. The molecule has 1 aliphatic heterocycles. The number of nitrogens with zero attached hydrogens (tertiary/aromatic N) is 3. The highest BCUT2D eigenvalue weighted by Crippen LogP contribution is 2.25. The molecule has 0 saturated carbocycles. The second-order valence-corrected chi connectivity index (χ2v) is 7.12. The summed E-state index contributed by atoms with van der Waals surface area (Å²) in [7, 11) is -3.46. The highest BCUT2D eigenvalue weighted by molar-refractivity contribution is 9.10. The fourth-order valence-corrected chi connectivity index (χ4v) is 4.14. The minimum absolute atomic E-state index is 0.0301. The second kappa shape index (κ2) is 4.31. The van der Waals surface area contributed by atoms with Gasteiger partial charge in [0.15, 0.2) is 0 Å². The standard InChI is InChI=1S/C11H10BrN3O3S/c12-9-7-13-14-4-1-3-8(10(9)14)11(16)15-5-2-6-19(15,17)18/h1,3-4,7H,2,5-6H2. The first-order valence-corrected chi connectivity index (χ1v) is 8.07. The van der Waals surface area contributed by atoms with Gasteiger partial charge in [0.2, 0.25) is 10.0 Å². The monoisotopic (exact) mass is 343 g/mol. The van der Waals surface area contributed by atoms with Crippen LogP contribution in [0.15, 0.2) is 29.0 Å². The van der Waals surface area contributed by atoms with Gasteiger partial charge in [-0.15, -0.1) is 0 Å². The number of carbonyl (C=O) groups excluding carboxylic acids is 1. The third-order valence-corrected chi connectivity index (χ3v) is 5.46. The first kappa shape index (κ1) is 12.6. The predicted molar refractivity (Wildman–Crippen MR) is 72.3 cm³/mol. The van der Waals surface area contributed by atoms with E-state index < -0.39 is 15.9 Å². The number of rotatable bonds is 1. The smallest absolute Gasteiger partial charge is 0.268 e. The van der Waals surface area contributed by atoms with Crippen LogP contribution in [0.2, 0.25) is 0 Å². The van der Waals surface area contributed by atoms with Crippen LogP contribution in [0.4, 0.5) is 0 Å². The summed E-state index contributed by atoms with van der Waals surface area (Å²) in [6.45, 7) is 0.244. The molecule has 1 amide bonds. The topological polar surface area (TPSA) is 71.8 Å². The number of hydrogen-bond acceptors (Lipinski definition) is 4. The molecule has 0 radical (unpaired) electrons. The maximum atomic E-state index is 12.4. The molecule has 8 heteroatoms. The largest absolute Gasteiger partial charge is 0.269 e. The van der Waals surface area contributed by atoms with Crippen molar-refractivity contribution in [1.29, 1.82) is 0 Å². The van der Waals surface area contributed by atoms with Crippen LogP contribution in [0.1, 0.15) is 16.8 Å². The maximum absolute atomic E-state index is 12.4. The molecule has 0 bridgehead atoms. The number of halogens is 1. The van der Waals surface area contributed by atoms with Gasteiger partial charge in [-0.2, -0.15) is 5.10 Å². The molecule has 2 aromatic heterocycles. The van der Waals surface area contributed by atoms with E-state index in [2.05, 4.69) is 21.0 Å². The van der Waals surface area contributed by atoms with E-state index >= 15 is 0 Å². The first-order valence-electron chi connectivity index (χ1n) is 5.67. The molecular weight excluding hydrogens is 334 g/mol. The van der Waals surface area contributed by atoms with Crippen LogP contribution in [-0.2, 0) is 10.0 Å². The van der Waals surface area contributed by atoms with Crippen LogP contribution in [0, 0.1) is 0 Å². The lowest BCUT2D eigenvalue weighted by Gasteiger charge is -2.15. The van der Waals surface area contributed by atoms with Gasteiger partial charge >= 0.3 is 0 Å². The Morgan fingerprint density at radius 2 is 2.21 bits per heavy atom. The minimum atomic E-state index is -3.46. The van der Waals surface area contributed by atoms with Gasteiger partial charge in [0.05, 0.1) is 27.5 Å². The van der Waals surface area contributed by atoms with E-state index in [1.165, 1.54) is 0 Å². The molecule has 19 heavy (non-hydrogen) atoms. The molecule has 0 spiro atoms. The van der Waals surface area contributed by atoms with Crippen LogP contribution in [0.25, 0.3) is 5.52 Å². The third kappa shape index (κ3) is 1.95. The summed E-state index contributed by atoms with van der Waals surface area (Å²) in [5.41, 5.74) is 0.909. The number of carbonyl (C=O) groups is 1. The van der Waals surface area contributed by atoms with Crippen molar-refractivity contribution < 1.29 is 13.2 Å². The number of aromatic nitrogens is 2. The fraction of sp³-hybridized carbons (Fsp3) is 0.273. The normalized spacial score (nSPS) is 18.1. The molecular formula is C11H10BrN3O3S. The van der Waals surface area contributed by atoms with Crippen molar-refractivity contribution in [2.75, 3.05) is 12.3 Å². The Morgan fingerprint density at radius 3 is 2.89 bits per heavy atom. The lowest BCUT2D eigenvalue weighted by molar-refractivity contribution is 0.0871. The van der Waals surface area contributed by atoms with Gasteiger partial charge in [0.1, 0.15) is 0 Å². The van der Waals surface area contributed by atoms with Crippen molar-refractivity contribution in [3.05, 3.63) is 34.6 Å². The molecule has 1 fully saturated rings. The molecule has 0 unspecified atom stereocenters. The summed E-state index contributed by atoms with van der Waals surface area (Å²) in [4.78, 5) is 12.4. The quantitative estimate of drug-likeness (QED) is 0.781. The Morgan fingerprint density at radius 1 is 1.42 bits per heavy atom. The van der Waals surface area contributed by atoms with Gasteiger partial charge in [0, 0.05) is 12.7 Å². The van der Waals surface area contributed by atoms with Crippen LogP contribution in [0.3, 0.4) is 0 Å². The van der Waals surface area contributed by atoms with E-state index in [0.717, 1.165) is 4.31 Å². The number of amides is 1. The van der Waals surface area contributed by atoms with Gasteiger partial charge in [0.25, 0.3) is 5.91 Å². The van der Waals surface area contributed by atoms with E-state index in [4.69, 9.17) is 0 Å². The number of fused-ring (bicyclic) bond motifs is 1. The zero-order chi connectivity index (χ0) is 13.6. The summed E-state index contributed by atoms with van der Waals surface area (Å²) in [5.74, 6) is -0.466. The molecule has 0 aromatic carbocycles. The minimum Gasteiger partial charge on any atom is -0.268 e. The molecule has 0 N–H and O–H groups in total. The average molecular weight is 344 g/mol. The zero-order valence-corrected chi connectivity index (χ0v) is 12.2. The van der Waals surface area contributed by atoms with Crippen LogP contribution < -0.4 is 0 Å². The van der Waals surface area contributed by atoms with Crippen LogP contribution >= 0.6 is 15.9 Å². The van der Waals surface area contributed by atoms with Gasteiger partial charge in [-0.05, 0) is 34.5 Å². The first-order chi connectivity index (χ1) is 9.00. The van der Waals surface area contributed by atoms with Gasteiger partial charge in [-0.3, -0.25) is 4.79 Å². The van der Waals surface area contributed by atoms with Crippen LogP contribution in [0.5, 0.6) is 0 Å². The Bertz CT molecular complexity index is 769. The van der Waals surface area contributed by atoms with Crippen molar-refractivity contribution in [2.24, 2.45) is 0 Å². The third-order valence-electron chi connectivity index (χ3n) is 3.05.